The van der Waals surface area contributed by atoms with Crippen molar-refractivity contribution in [3.8, 4) is 0 Å². The summed E-state index contributed by atoms with van der Waals surface area (Å²) in [6.45, 7) is 3.74. The van der Waals surface area contributed by atoms with Crippen LogP contribution in [0.4, 0.5) is 5.69 Å². The number of carbonyl (C=O) groups is 1. The van der Waals surface area contributed by atoms with Gasteiger partial charge in [0, 0.05) is 18.4 Å². The highest BCUT2D eigenvalue weighted by molar-refractivity contribution is 5.96. The smallest absolute Gasteiger partial charge is 0.233 e. The Balaban J connectivity index is 2.19. The van der Waals surface area contributed by atoms with Crippen molar-refractivity contribution in [3.05, 3.63) is 29.8 Å². The van der Waals surface area contributed by atoms with Crippen molar-refractivity contribution in [3.63, 3.8) is 0 Å². The topological polar surface area (TPSA) is 70.6 Å². The van der Waals surface area contributed by atoms with E-state index in [1.54, 1.807) is 14.0 Å². The molecular formula is C16H24N2O3. The minimum Gasteiger partial charge on any atom is -0.389 e. The molecular weight excluding hydrogens is 268 g/mol. The second kappa shape index (κ2) is 7.02. The average molecular weight is 292 g/mol. The Morgan fingerprint density at radius 3 is 2.71 bits per heavy atom. The number of aliphatic hydroxyl groups excluding tert-OH is 1. The maximum atomic E-state index is 12.8. The fourth-order valence-electron chi connectivity index (χ4n) is 2.85. The van der Waals surface area contributed by atoms with Crippen molar-refractivity contribution in [1.29, 1.82) is 0 Å². The van der Waals surface area contributed by atoms with Gasteiger partial charge in [-0.3, -0.25) is 4.79 Å². The molecule has 21 heavy (non-hydrogen) atoms. The molecule has 0 aliphatic carbocycles. The number of methoxy groups -OCH3 is 1. The molecule has 1 aliphatic heterocycles. The molecule has 0 saturated carbocycles. The third-order valence-electron chi connectivity index (χ3n) is 4.12. The molecule has 116 valence electrons. The largest absolute Gasteiger partial charge is 0.389 e. The van der Waals surface area contributed by atoms with E-state index in [9.17, 15) is 9.90 Å². The van der Waals surface area contributed by atoms with Crippen LogP contribution in [0, 0.1) is 5.41 Å². The van der Waals surface area contributed by atoms with Gasteiger partial charge in [0.05, 0.1) is 18.1 Å². The molecule has 2 rings (SSSR count). The zero-order valence-electron chi connectivity index (χ0n) is 12.7. The number of para-hydroxylation sites is 1. The maximum Gasteiger partial charge on any atom is 0.233 e. The second-order valence-corrected chi connectivity index (χ2v) is 5.68. The molecule has 0 aromatic heterocycles. The standard InChI is InChI=1S/C16H24N2O3/c1-12(19)13-5-3-4-6-14(13)18-15(20)16(11-21-2)7-9-17-10-8-16/h3-6,12,17,19H,7-11H2,1-2H3,(H,18,20). The number of piperidine rings is 1. The molecule has 3 N–H and O–H groups in total. The number of hydrogen-bond acceptors (Lipinski definition) is 4. The Morgan fingerprint density at radius 1 is 1.43 bits per heavy atom. The van der Waals surface area contributed by atoms with Gasteiger partial charge >= 0.3 is 0 Å². The van der Waals surface area contributed by atoms with Crippen LogP contribution in [0.5, 0.6) is 0 Å². The van der Waals surface area contributed by atoms with Crippen molar-refractivity contribution in [2.75, 3.05) is 32.1 Å². The molecule has 1 heterocycles. The van der Waals surface area contributed by atoms with Gasteiger partial charge in [-0.15, -0.1) is 0 Å². The molecule has 1 atom stereocenters. The van der Waals surface area contributed by atoms with Gasteiger partial charge in [-0.2, -0.15) is 0 Å². The fraction of sp³-hybridized carbons (Fsp3) is 0.562. The summed E-state index contributed by atoms with van der Waals surface area (Å²) in [7, 11) is 1.63. The summed E-state index contributed by atoms with van der Waals surface area (Å²) in [4.78, 5) is 12.8. The summed E-state index contributed by atoms with van der Waals surface area (Å²) in [5.74, 6) is -0.0287. The zero-order valence-corrected chi connectivity index (χ0v) is 12.7. The molecule has 0 bridgehead atoms. The normalized spacial score (nSPS) is 19.0. The third kappa shape index (κ3) is 3.61. The van der Waals surface area contributed by atoms with E-state index in [2.05, 4.69) is 10.6 Å². The number of hydrogen-bond donors (Lipinski definition) is 3. The van der Waals surface area contributed by atoms with Gasteiger partial charge in [-0.05, 0) is 38.9 Å². The number of amides is 1. The lowest BCUT2D eigenvalue weighted by Gasteiger charge is -2.35. The van der Waals surface area contributed by atoms with E-state index in [1.807, 2.05) is 24.3 Å². The predicted octanol–water partition coefficient (Wildman–Crippen LogP) is 1.69. The lowest BCUT2D eigenvalue weighted by atomic mass is 9.78. The van der Waals surface area contributed by atoms with Gasteiger partial charge in [-0.25, -0.2) is 0 Å². The van der Waals surface area contributed by atoms with E-state index < -0.39 is 11.5 Å². The van der Waals surface area contributed by atoms with Gasteiger partial charge in [0.25, 0.3) is 0 Å². The quantitative estimate of drug-likeness (QED) is 0.772. The van der Waals surface area contributed by atoms with Crippen molar-refractivity contribution >= 4 is 11.6 Å². The van der Waals surface area contributed by atoms with E-state index in [1.165, 1.54) is 0 Å². The Kier molecular flexibility index (Phi) is 5.33. The van der Waals surface area contributed by atoms with Crippen molar-refractivity contribution < 1.29 is 14.6 Å². The van der Waals surface area contributed by atoms with E-state index in [0.717, 1.165) is 31.5 Å². The highest BCUT2D eigenvalue weighted by atomic mass is 16.5. The number of aliphatic hydroxyl groups is 1. The third-order valence-corrected chi connectivity index (χ3v) is 4.12. The minimum atomic E-state index is -0.618. The molecule has 1 amide bonds. The Labute approximate surface area is 125 Å². The van der Waals surface area contributed by atoms with E-state index in [-0.39, 0.29) is 5.91 Å². The first-order valence-electron chi connectivity index (χ1n) is 7.37. The molecule has 5 heteroatoms. The first kappa shape index (κ1) is 15.9. The average Bonchev–Trinajstić information content (AvgIpc) is 2.49. The van der Waals surface area contributed by atoms with Crippen LogP contribution in [-0.2, 0) is 9.53 Å². The second-order valence-electron chi connectivity index (χ2n) is 5.68. The molecule has 1 aliphatic rings. The van der Waals surface area contributed by atoms with Gasteiger partial charge in [-0.1, -0.05) is 18.2 Å². The summed E-state index contributed by atoms with van der Waals surface area (Å²) in [5, 5.41) is 16.1. The zero-order chi connectivity index (χ0) is 15.3. The van der Waals surface area contributed by atoms with Crippen LogP contribution in [0.25, 0.3) is 0 Å². The highest BCUT2D eigenvalue weighted by Gasteiger charge is 2.39. The van der Waals surface area contributed by atoms with E-state index in [4.69, 9.17) is 4.74 Å². The van der Waals surface area contributed by atoms with Crippen LogP contribution in [0.1, 0.15) is 31.4 Å². The van der Waals surface area contributed by atoms with Gasteiger partial charge in [0.2, 0.25) is 5.91 Å². The fourth-order valence-corrected chi connectivity index (χ4v) is 2.85. The van der Waals surface area contributed by atoms with Crippen molar-refractivity contribution in [2.45, 2.75) is 25.9 Å². The number of ether oxygens (including phenoxy) is 1. The highest BCUT2D eigenvalue weighted by Crippen LogP contribution is 2.32. The minimum absolute atomic E-state index is 0.0287. The van der Waals surface area contributed by atoms with Gasteiger partial charge in [0.15, 0.2) is 0 Å². The Bertz CT molecular complexity index is 477. The van der Waals surface area contributed by atoms with E-state index in [0.29, 0.717) is 12.3 Å². The number of benzene rings is 1. The van der Waals surface area contributed by atoms with E-state index >= 15 is 0 Å². The van der Waals surface area contributed by atoms with Crippen LogP contribution >= 0.6 is 0 Å². The Hall–Kier alpha value is -1.43. The molecule has 5 nitrogen and oxygen atoms in total. The van der Waals surface area contributed by atoms with Crippen molar-refractivity contribution in [1.82, 2.24) is 5.32 Å². The van der Waals surface area contributed by atoms with Crippen LogP contribution in [0.2, 0.25) is 0 Å². The molecule has 1 aromatic rings. The van der Waals surface area contributed by atoms with Crippen LogP contribution in [-0.4, -0.2) is 37.8 Å². The van der Waals surface area contributed by atoms with Crippen LogP contribution in [0.15, 0.2) is 24.3 Å². The number of anilines is 1. The molecule has 1 fully saturated rings. The summed E-state index contributed by atoms with van der Waals surface area (Å²) in [6, 6.07) is 7.35. The molecule has 0 spiro atoms. The molecule has 1 saturated heterocycles. The predicted molar refractivity (Wildman–Crippen MR) is 82.1 cm³/mol. The van der Waals surface area contributed by atoms with Crippen LogP contribution < -0.4 is 10.6 Å². The first-order chi connectivity index (χ1) is 10.1. The Morgan fingerprint density at radius 2 is 2.10 bits per heavy atom. The molecule has 1 unspecified atom stereocenters. The van der Waals surface area contributed by atoms with Gasteiger partial charge < -0.3 is 20.5 Å². The maximum absolute atomic E-state index is 12.8. The lowest BCUT2D eigenvalue weighted by molar-refractivity contribution is -0.130. The molecule has 0 radical (unpaired) electrons. The first-order valence-corrected chi connectivity index (χ1v) is 7.37. The summed E-state index contributed by atoms with van der Waals surface area (Å²) in [6.07, 6.45) is 0.889. The SMILES string of the molecule is COCC1(C(=O)Nc2ccccc2C(C)O)CCNCC1. The monoisotopic (exact) mass is 292 g/mol. The number of rotatable bonds is 5. The number of nitrogens with one attached hydrogen (secondary N) is 2. The van der Waals surface area contributed by atoms with Gasteiger partial charge in [0.1, 0.15) is 0 Å². The summed E-state index contributed by atoms with van der Waals surface area (Å²) in [5.41, 5.74) is 0.907. The van der Waals surface area contributed by atoms with Crippen molar-refractivity contribution in [2.24, 2.45) is 5.41 Å². The lowest BCUT2D eigenvalue weighted by Crippen LogP contribution is -2.47. The summed E-state index contributed by atoms with van der Waals surface area (Å²) < 4.78 is 5.28. The number of carbonyl (C=O) groups excluding carboxylic acids is 1. The summed E-state index contributed by atoms with van der Waals surface area (Å²) >= 11 is 0. The molecule has 1 aromatic carbocycles. The van der Waals surface area contributed by atoms with Crippen LogP contribution in [0.3, 0.4) is 0 Å².